The monoisotopic (exact) mass is 498 g/mol. The Kier molecular flexibility index (Phi) is 4.77. The fourth-order valence-corrected chi connectivity index (χ4v) is 6.21. The Balaban J connectivity index is 1.36. The summed E-state index contributed by atoms with van der Waals surface area (Å²) in [5, 5.41) is 5.10. The maximum Gasteiger partial charge on any atom is 0.0541 e. The van der Waals surface area contributed by atoms with Gasteiger partial charge in [-0.05, 0) is 84.3 Å². The summed E-state index contributed by atoms with van der Waals surface area (Å²) in [4.78, 5) is 0. The molecule has 0 fully saturated rings. The molecule has 6 aromatic carbocycles. The quantitative estimate of drug-likeness (QED) is 0.229. The van der Waals surface area contributed by atoms with Gasteiger partial charge in [-0.2, -0.15) is 0 Å². The van der Waals surface area contributed by atoms with Gasteiger partial charge < -0.3 is 9.13 Å². The average molecular weight is 499 g/mol. The molecular weight excluding hydrogens is 472 g/mol. The van der Waals surface area contributed by atoms with Gasteiger partial charge in [-0.15, -0.1) is 0 Å². The second-order valence-electron chi connectivity index (χ2n) is 10.3. The van der Waals surface area contributed by atoms with Crippen molar-refractivity contribution in [2.45, 2.75) is 6.92 Å². The normalized spacial score (nSPS) is 11.7. The summed E-state index contributed by atoms with van der Waals surface area (Å²) in [5.41, 5.74) is 11.0. The minimum Gasteiger partial charge on any atom is -0.309 e. The van der Waals surface area contributed by atoms with E-state index in [9.17, 15) is 0 Å². The molecule has 0 saturated carbocycles. The molecular formula is C37H26N2. The van der Waals surface area contributed by atoms with Crippen LogP contribution in [0.3, 0.4) is 0 Å². The summed E-state index contributed by atoms with van der Waals surface area (Å²) < 4.78 is 4.76. The second-order valence-corrected chi connectivity index (χ2v) is 10.3. The number of rotatable bonds is 3. The van der Waals surface area contributed by atoms with Crippen molar-refractivity contribution in [2.75, 3.05) is 0 Å². The molecule has 2 aromatic heterocycles. The molecule has 0 saturated heterocycles. The summed E-state index contributed by atoms with van der Waals surface area (Å²) in [6, 6.07) is 50.6. The number of aryl methyl sites for hydroxylation is 1. The lowest BCUT2D eigenvalue weighted by atomic mass is 10.0. The Labute approximate surface area is 227 Å². The van der Waals surface area contributed by atoms with E-state index in [1.54, 1.807) is 0 Å². The first kappa shape index (κ1) is 22.0. The van der Waals surface area contributed by atoms with E-state index in [0.29, 0.717) is 0 Å². The molecule has 184 valence electrons. The lowest BCUT2D eigenvalue weighted by Crippen LogP contribution is -1.94. The van der Waals surface area contributed by atoms with Crippen molar-refractivity contribution in [3.8, 4) is 22.5 Å². The van der Waals surface area contributed by atoms with Crippen LogP contribution in [0.4, 0.5) is 0 Å². The molecule has 0 amide bonds. The molecule has 8 aromatic rings. The summed E-state index contributed by atoms with van der Waals surface area (Å²) in [7, 11) is 0. The molecule has 0 N–H and O–H groups in total. The van der Waals surface area contributed by atoms with E-state index in [2.05, 4.69) is 156 Å². The third-order valence-corrected chi connectivity index (χ3v) is 7.95. The minimum absolute atomic E-state index is 1.18. The molecule has 2 heteroatoms. The van der Waals surface area contributed by atoms with E-state index >= 15 is 0 Å². The predicted octanol–water partition coefficient (Wildman–Crippen LogP) is 9.86. The minimum atomic E-state index is 1.18. The molecule has 0 spiro atoms. The fourth-order valence-electron chi connectivity index (χ4n) is 6.21. The van der Waals surface area contributed by atoms with E-state index in [-0.39, 0.29) is 0 Å². The smallest absolute Gasteiger partial charge is 0.0541 e. The predicted molar refractivity (Wildman–Crippen MR) is 165 cm³/mol. The topological polar surface area (TPSA) is 9.86 Å². The van der Waals surface area contributed by atoms with Crippen LogP contribution in [0.1, 0.15) is 5.56 Å². The van der Waals surface area contributed by atoms with E-state index in [4.69, 9.17) is 0 Å². The van der Waals surface area contributed by atoms with Crippen LogP contribution in [-0.2, 0) is 0 Å². The standard InChI is InChI=1S/C37H26N2/c1-25-10-9-13-29(22-25)39-35-17-8-6-15-31(35)33-24-27(19-21-37(33)39)26-18-20-36-32(23-26)30-14-5-7-16-34(30)38(36)28-11-3-2-4-12-28/h2-24H,1H3. The third-order valence-electron chi connectivity index (χ3n) is 7.95. The van der Waals surface area contributed by atoms with E-state index in [1.165, 1.54) is 71.7 Å². The Morgan fingerprint density at radius 2 is 0.846 bits per heavy atom. The van der Waals surface area contributed by atoms with Gasteiger partial charge in [0, 0.05) is 32.9 Å². The van der Waals surface area contributed by atoms with Gasteiger partial charge >= 0.3 is 0 Å². The van der Waals surface area contributed by atoms with Crippen LogP contribution in [-0.4, -0.2) is 9.13 Å². The van der Waals surface area contributed by atoms with Crippen LogP contribution in [0.2, 0.25) is 0 Å². The Bertz CT molecular complexity index is 2180. The number of aromatic nitrogens is 2. The molecule has 2 nitrogen and oxygen atoms in total. The molecule has 0 aliphatic carbocycles. The van der Waals surface area contributed by atoms with Gasteiger partial charge in [-0.3, -0.25) is 0 Å². The molecule has 0 radical (unpaired) electrons. The number of fused-ring (bicyclic) bond motifs is 6. The molecule has 39 heavy (non-hydrogen) atoms. The molecule has 0 aliphatic rings. The summed E-state index contributed by atoms with van der Waals surface area (Å²) in [5.74, 6) is 0. The van der Waals surface area contributed by atoms with Gasteiger partial charge in [0.1, 0.15) is 0 Å². The lowest BCUT2D eigenvalue weighted by Gasteiger charge is -2.10. The lowest BCUT2D eigenvalue weighted by molar-refractivity contribution is 1.17. The van der Waals surface area contributed by atoms with Crippen molar-refractivity contribution in [2.24, 2.45) is 0 Å². The molecule has 0 bridgehead atoms. The molecule has 8 rings (SSSR count). The summed E-state index contributed by atoms with van der Waals surface area (Å²) in [6.45, 7) is 2.15. The highest BCUT2D eigenvalue weighted by atomic mass is 15.0. The maximum atomic E-state index is 2.39. The van der Waals surface area contributed by atoms with Gasteiger partial charge in [-0.1, -0.05) is 78.9 Å². The van der Waals surface area contributed by atoms with Crippen molar-refractivity contribution in [1.29, 1.82) is 0 Å². The first-order chi connectivity index (χ1) is 19.3. The highest BCUT2D eigenvalue weighted by Crippen LogP contribution is 2.38. The number of nitrogens with zero attached hydrogens (tertiary/aromatic N) is 2. The molecule has 2 heterocycles. The zero-order chi connectivity index (χ0) is 25.9. The fraction of sp³-hybridized carbons (Fsp3) is 0.0270. The van der Waals surface area contributed by atoms with Crippen molar-refractivity contribution in [1.82, 2.24) is 9.13 Å². The van der Waals surface area contributed by atoms with Gasteiger partial charge in [0.25, 0.3) is 0 Å². The van der Waals surface area contributed by atoms with E-state index in [0.717, 1.165) is 0 Å². The number of benzene rings is 6. The molecule has 0 aliphatic heterocycles. The van der Waals surface area contributed by atoms with Crippen LogP contribution < -0.4 is 0 Å². The largest absolute Gasteiger partial charge is 0.309 e. The van der Waals surface area contributed by atoms with E-state index in [1.807, 2.05) is 0 Å². The van der Waals surface area contributed by atoms with Crippen LogP contribution >= 0.6 is 0 Å². The number of hydrogen-bond donors (Lipinski definition) is 0. The van der Waals surface area contributed by atoms with Gasteiger partial charge in [-0.25, -0.2) is 0 Å². The average Bonchev–Trinajstić information content (AvgIpc) is 3.50. The maximum absolute atomic E-state index is 2.39. The van der Waals surface area contributed by atoms with Gasteiger partial charge in [0.15, 0.2) is 0 Å². The molecule has 0 unspecified atom stereocenters. The summed E-state index contributed by atoms with van der Waals surface area (Å²) in [6.07, 6.45) is 0. The van der Waals surface area contributed by atoms with Crippen molar-refractivity contribution >= 4 is 43.6 Å². The SMILES string of the molecule is Cc1cccc(-n2c3ccccc3c3cc(-c4ccc5c(c4)c4ccccc4n5-c4ccccc4)ccc32)c1. The van der Waals surface area contributed by atoms with Crippen LogP contribution in [0, 0.1) is 6.92 Å². The number of para-hydroxylation sites is 3. The zero-order valence-electron chi connectivity index (χ0n) is 21.7. The van der Waals surface area contributed by atoms with Crippen LogP contribution in [0.15, 0.2) is 140 Å². The second kappa shape index (κ2) is 8.47. The first-order valence-corrected chi connectivity index (χ1v) is 13.5. The van der Waals surface area contributed by atoms with E-state index < -0.39 is 0 Å². The highest BCUT2D eigenvalue weighted by Gasteiger charge is 2.15. The van der Waals surface area contributed by atoms with Gasteiger partial charge in [0.2, 0.25) is 0 Å². The highest BCUT2D eigenvalue weighted by molar-refractivity contribution is 6.12. The number of hydrogen-bond acceptors (Lipinski definition) is 0. The van der Waals surface area contributed by atoms with Crippen LogP contribution in [0.5, 0.6) is 0 Å². The Hall–Kier alpha value is -5.08. The first-order valence-electron chi connectivity index (χ1n) is 13.5. The Morgan fingerprint density at radius 3 is 1.44 bits per heavy atom. The zero-order valence-corrected chi connectivity index (χ0v) is 21.7. The van der Waals surface area contributed by atoms with Crippen molar-refractivity contribution < 1.29 is 0 Å². The summed E-state index contributed by atoms with van der Waals surface area (Å²) >= 11 is 0. The van der Waals surface area contributed by atoms with Crippen molar-refractivity contribution in [3.63, 3.8) is 0 Å². The third kappa shape index (κ3) is 3.35. The van der Waals surface area contributed by atoms with Crippen LogP contribution in [0.25, 0.3) is 66.1 Å². The Morgan fingerprint density at radius 1 is 0.359 bits per heavy atom. The van der Waals surface area contributed by atoms with Crippen molar-refractivity contribution in [3.05, 3.63) is 145 Å². The van der Waals surface area contributed by atoms with Gasteiger partial charge in [0.05, 0.1) is 22.1 Å². The molecule has 0 atom stereocenters.